The van der Waals surface area contributed by atoms with E-state index in [0.29, 0.717) is 23.3 Å². The van der Waals surface area contributed by atoms with Crippen molar-refractivity contribution in [3.8, 4) is 0 Å². The molecule has 1 N–H and O–H groups in total. The average molecular weight is 303 g/mol. The Morgan fingerprint density at radius 1 is 1.50 bits per heavy atom. The Kier molecular flexibility index (Phi) is 3.46. The highest BCUT2D eigenvalue weighted by molar-refractivity contribution is 9.10. The Morgan fingerprint density at radius 2 is 2.31 bits per heavy atom. The Bertz CT molecular complexity index is 501. The van der Waals surface area contributed by atoms with Crippen LogP contribution < -0.4 is 5.32 Å². The van der Waals surface area contributed by atoms with Gasteiger partial charge in [-0.3, -0.25) is 0 Å². The van der Waals surface area contributed by atoms with Crippen LogP contribution in [0.3, 0.4) is 0 Å². The molecule has 0 fully saturated rings. The number of aryl methyl sites for hydroxylation is 1. The molecule has 0 saturated carbocycles. The molecule has 16 heavy (non-hydrogen) atoms. The number of hydrogen-bond donors (Lipinski definition) is 1. The van der Waals surface area contributed by atoms with Crippen LogP contribution in [0.2, 0.25) is 5.02 Å². The number of halogens is 2. The zero-order valence-corrected chi connectivity index (χ0v) is 10.8. The van der Waals surface area contributed by atoms with E-state index in [2.05, 4.69) is 31.4 Å². The lowest BCUT2D eigenvalue weighted by Crippen LogP contribution is -2.01. The summed E-state index contributed by atoms with van der Waals surface area (Å²) in [6.07, 6.45) is 0. The molecule has 84 valence electrons. The van der Waals surface area contributed by atoms with Crippen molar-refractivity contribution in [2.24, 2.45) is 0 Å². The first-order valence-corrected chi connectivity index (χ1v) is 5.81. The maximum atomic E-state index is 5.96. The van der Waals surface area contributed by atoms with E-state index >= 15 is 0 Å². The summed E-state index contributed by atoms with van der Waals surface area (Å²) in [5, 5.41) is 7.61. The number of anilines is 1. The van der Waals surface area contributed by atoms with Crippen molar-refractivity contribution in [1.82, 2.24) is 10.1 Å². The quantitative estimate of drug-likeness (QED) is 0.944. The number of nitrogens with zero attached hydrogens (tertiary/aromatic N) is 2. The first-order valence-electron chi connectivity index (χ1n) is 4.64. The smallest absolute Gasteiger partial charge is 0.223 e. The molecular formula is C10H9BrClN3O. The van der Waals surface area contributed by atoms with Gasteiger partial charge in [0.05, 0.1) is 21.7 Å². The minimum Gasteiger partial charge on any atom is -0.377 e. The van der Waals surface area contributed by atoms with E-state index in [1.165, 1.54) is 0 Å². The summed E-state index contributed by atoms with van der Waals surface area (Å²) >= 11 is 9.36. The summed E-state index contributed by atoms with van der Waals surface area (Å²) < 4.78 is 5.70. The highest BCUT2D eigenvalue weighted by Crippen LogP contribution is 2.30. The highest BCUT2D eigenvalue weighted by atomic mass is 79.9. The molecule has 0 saturated heterocycles. The molecule has 4 nitrogen and oxygen atoms in total. The fraction of sp³-hybridized carbons (Fsp3) is 0.200. The van der Waals surface area contributed by atoms with E-state index < -0.39 is 0 Å². The van der Waals surface area contributed by atoms with Crippen LogP contribution in [-0.4, -0.2) is 10.1 Å². The fourth-order valence-corrected chi connectivity index (χ4v) is 1.81. The van der Waals surface area contributed by atoms with E-state index in [0.717, 1.165) is 10.2 Å². The predicted molar refractivity (Wildman–Crippen MR) is 65.5 cm³/mol. The summed E-state index contributed by atoms with van der Waals surface area (Å²) in [5.74, 6) is 1.17. The number of hydrogen-bond acceptors (Lipinski definition) is 4. The predicted octanol–water partition coefficient (Wildman–Crippen LogP) is 3.41. The van der Waals surface area contributed by atoms with Gasteiger partial charge < -0.3 is 9.84 Å². The summed E-state index contributed by atoms with van der Waals surface area (Å²) in [5.41, 5.74) is 0.898. The second-order valence-electron chi connectivity index (χ2n) is 3.18. The summed E-state index contributed by atoms with van der Waals surface area (Å²) in [6, 6.07) is 5.61. The Labute approximate surface area is 106 Å². The molecule has 0 aliphatic rings. The Balaban J connectivity index is 2.07. The molecule has 6 heteroatoms. The van der Waals surface area contributed by atoms with Gasteiger partial charge in [0.15, 0.2) is 5.82 Å². The molecule has 0 unspecified atom stereocenters. The summed E-state index contributed by atoms with van der Waals surface area (Å²) in [6.45, 7) is 2.25. The normalized spacial score (nSPS) is 10.4. The molecule has 0 aliphatic carbocycles. The van der Waals surface area contributed by atoms with Crippen molar-refractivity contribution >= 4 is 33.2 Å². The number of aromatic nitrogens is 2. The largest absolute Gasteiger partial charge is 0.377 e. The molecule has 1 aromatic carbocycles. The Hall–Kier alpha value is -1.07. The molecule has 1 aromatic heterocycles. The van der Waals surface area contributed by atoms with Gasteiger partial charge in [0.1, 0.15) is 0 Å². The summed E-state index contributed by atoms with van der Waals surface area (Å²) in [4.78, 5) is 4.09. The average Bonchev–Trinajstić information content (AvgIpc) is 2.67. The molecule has 0 bridgehead atoms. The molecular weight excluding hydrogens is 293 g/mol. The third-order valence-electron chi connectivity index (χ3n) is 1.96. The van der Waals surface area contributed by atoms with Crippen molar-refractivity contribution in [2.45, 2.75) is 13.5 Å². The van der Waals surface area contributed by atoms with Gasteiger partial charge in [0, 0.05) is 6.92 Å². The lowest BCUT2D eigenvalue weighted by Gasteiger charge is -2.06. The molecule has 0 aliphatic heterocycles. The van der Waals surface area contributed by atoms with Gasteiger partial charge >= 0.3 is 0 Å². The maximum Gasteiger partial charge on any atom is 0.223 e. The standard InChI is InChI=1S/C10H9BrClN3O/c1-6-14-9(15-16-6)5-13-8-4-2-3-7(12)10(8)11/h2-4,13H,5H2,1H3. The molecule has 0 spiro atoms. The first kappa shape index (κ1) is 11.4. The van der Waals surface area contributed by atoms with Crippen LogP contribution in [0.15, 0.2) is 27.2 Å². The molecule has 0 amide bonds. The minimum atomic E-state index is 0.496. The van der Waals surface area contributed by atoms with Crippen molar-refractivity contribution < 1.29 is 4.52 Å². The first-order chi connectivity index (χ1) is 7.66. The molecule has 1 heterocycles. The number of nitrogens with one attached hydrogen (secondary N) is 1. The van der Waals surface area contributed by atoms with Gasteiger partial charge in [-0.25, -0.2) is 0 Å². The number of rotatable bonds is 3. The molecule has 2 rings (SSSR count). The van der Waals surface area contributed by atoms with E-state index in [9.17, 15) is 0 Å². The van der Waals surface area contributed by atoms with Crippen LogP contribution in [0.5, 0.6) is 0 Å². The monoisotopic (exact) mass is 301 g/mol. The second kappa shape index (κ2) is 4.84. The van der Waals surface area contributed by atoms with Crippen molar-refractivity contribution in [3.63, 3.8) is 0 Å². The highest BCUT2D eigenvalue weighted by Gasteiger charge is 2.05. The fourth-order valence-electron chi connectivity index (χ4n) is 1.23. The zero-order valence-electron chi connectivity index (χ0n) is 8.50. The topological polar surface area (TPSA) is 51.0 Å². The van der Waals surface area contributed by atoms with Crippen LogP contribution in [-0.2, 0) is 6.54 Å². The lowest BCUT2D eigenvalue weighted by atomic mass is 10.3. The van der Waals surface area contributed by atoms with Crippen LogP contribution >= 0.6 is 27.5 Å². The SMILES string of the molecule is Cc1nc(CNc2cccc(Cl)c2Br)no1. The third-order valence-corrected chi connectivity index (χ3v) is 3.36. The van der Waals surface area contributed by atoms with Crippen LogP contribution in [0.25, 0.3) is 0 Å². The molecule has 0 radical (unpaired) electrons. The van der Waals surface area contributed by atoms with Crippen molar-refractivity contribution in [1.29, 1.82) is 0 Å². The molecule has 0 atom stereocenters. The van der Waals surface area contributed by atoms with Gasteiger partial charge in [0.25, 0.3) is 0 Å². The lowest BCUT2D eigenvalue weighted by molar-refractivity contribution is 0.388. The Morgan fingerprint density at radius 3 is 3.00 bits per heavy atom. The van der Waals surface area contributed by atoms with Crippen LogP contribution in [0, 0.1) is 6.92 Å². The third kappa shape index (κ3) is 2.54. The second-order valence-corrected chi connectivity index (χ2v) is 4.38. The van der Waals surface area contributed by atoms with E-state index in [-0.39, 0.29) is 0 Å². The van der Waals surface area contributed by atoms with E-state index in [1.54, 1.807) is 6.92 Å². The summed E-state index contributed by atoms with van der Waals surface area (Å²) in [7, 11) is 0. The van der Waals surface area contributed by atoms with Gasteiger partial charge in [-0.1, -0.05) is 22.8 Å². The van der Waals surface area contributed by atoms with E-state index in [1.807, 2.05) is 18.2 Å². The zero-order chi connectivity index (χ0) is 11.5. The van der Waals surface area contributed by atoms with Gasteiger partial charge in [-0.05, 0) is 28.1 Å². The maximum absolute atomic E-state index is 5.96. The minimum absolute atomic E-state index is 0.496. The van der Waals surface area contributed by atoms with Crippen molar-refractivity contribution in [2.75, 3.05) is 5.32 Å². The van der Waals surface area contributed by atoms with Crippen molar-refractivity contribution in [3.05, 3.63) is 39.4 Å². The van der Waals surface area contributed by atoms with Gasteiger partial charge in [-0.2, -0.15) is 4.98 Å². The van der Waals surface area contributed by atoms with Crippen LogP contribution in [0.4, 0.5) is 5.69 Å². The van der Waals surface area contributed by atoms with Crippen LogP contribution in [0.1, 0.15) is 11.7 Å². The van der Waals surface area contributed by atoms with Gasteiger partial charge in [0.2, 0.25) is 5.89 Å². The number of benzene rings is 1. The van der Waals surface area contributed by atoms with E-state index in [4.69, 9.17) is 16.1 Å². The molecule has 2 aromatic rings. The van der Waals surface area contributed by atoms with Gasteiger partial charge in [-0.15, -0.1) is 0 Å².